The van der Waals surface area contributed by atoms with E-state index in [1.165, 1.54) is 0 Å². The van der Waals surface area contributed by atoms with Crippen LogP contribution in [0.3, 0.4) is 0 Å². The molecule has 2 heterocycles. The fourth-order valence-corrected chi connectivity index (χ4v) is 3.70. The number of piperidine rings is 1. The van der Waals surface area contributed by atoms with Crippen molar-refractivity contribution in [1.29, 1.82) is 0 Å². The molecule has 0 atom stereocenters. The van der Waals surface area contributed by atoms with Crippen LogP contribution in [-0.4, -0.2) is 45.5 Å². The second-order valence-corrected chi connectivity index (χ2v) is 7.86. The van der Waals surface area contributed by atoms with Crippen molar-refractivity contribution in [3.8, 4) is 0 Å². The summed E-state index contributed by atoms with van der Waals surface area (Å²) in [4.78, 5) is 23.0. The first-order valence-electron chi connectivity index (χ1n) is 9.68. The van der Waals surface area contributed by atoms with Crippen LogP contribution in [0.15, 0.2) is 30.3 Å². The molecule has 1 aromatic heterocycles. The Labute approximate surface area is 171 Å². The van der Waals surface area contributed by atoms with Gasteiger partial charge in [-0.3, -0.25) is 4.79 Å². The first kappa shape index (κ1) is 20.6. The van der Waals surface area contributed by atoms with Crippen molar-refractivity contribution in [1.82, 2.24) is 14.9 Å². The van der Waals surface area contributed by atoms with Crippen LogP contribution in [0.2, 0.25) is 5.02 Å². The van der Waals surface area contributed by atoms with E-state index < -0.39 is 5.60 Å². The van der Waals surface area contributed by atoms with E-state index in [0.717, 1.165) is 17.0 Å². The predicted octanol–water partition coefficient (Wildman–Crippen LogP) is 3.45. The minimum Gasteiger partial charge on any atom is -0.385 e. The average molecular weight is 403 g/mol. The van der Waals surface area contributed by atoms with E-state index in [2.05, 4.69) is 15.3 Å². The zero-order valence-electron chi connectivity index (χ0n) is 16.4. The lowest BCUT2D eigenvalue weighted by atomic mass is 9.84. The zero-order chi connectivity index (χ0) is 20.1. The molecule has 2 N–H and O–H groups in total. The van der Waals surface area contributed by atoms with Gasteiger partial charge in [-0.2, -0.15) is 0 Å². The maximum absolute atomic E-state index is 12.5. The number of halogens is 1. The van der Waals surface area contributed by atoms with Gasteiger partial charge >= 0.3 is 0 Å². The number of carbonyl (C=O) groups is 1. The van der Waals surface area contributed by atoms with E-state index in [4.69, 9.17) is 11.6 Å². The second-order valence-electron chi connectivity index (χ2n) is 7.42. The highest BCUT2D eigenvalue weighted by molar-refractivity contribution is 6.30. The topological polar surface area (TPSA) is 78.4 Å². The van der Waals surface area contributed by atoms with Gasteiger partial charge in [0, 0.05) is 42.5 Å². The SMILES string of the molecule is Cc1cc(C)nc(NCCCC(=O)N2CCC(O)(c3ccc(Cl)cc3)CC2)n1. The molecule has 2 aromatic rings. The first-order valence-corrected chi connectivity index (χ1v) is 10.1. The molecule has 0 radical (unpaired) electrons. The highest BCUT2D eigenvalue weighted by atomic mass is 35.5. The van der Waals surface area contributed by atoms with Gasteiger partial charge in [0.25, 0.3) is 0 Å². The number of amides is 1. The summed E-state index contributed by atoms with van der Waals surface area (Å²) in [7, 11) is 0. The number of aromatic nitrogens is 2. The largest absolute Gasteiger partial charge is 0.385 e. The zero-order valence-corrected chi connectivity index (χ0v) is 17.2. The predicted molar refractivity (Wildman–Crippen MR) is 110 cm³/mol. The summed E-state index contributed by atoms with van der Waals surface area (Å²) < 4.78 is 0. The summed E-state index contributed by atoms with van der Waals surface area (Å²) >= 11 is 5.93. The molecular formula is C21H27ClN4O2. The molecule has 1 amide bonds. The van der Waals surface area contributed by atoms with Gasteiger partial charge in [-0.05, 0) is 56.9 Å². The Kier molecular flexibility index (Phi) is 6.52. The van der Waals surface area contributed by atoms with Crippen LogP contribution in [-0.2, 0) is 10.4 Å². The molecule has 1 saturated heterocycles. The van der Waals surface area contributed by atoms with Crippen molar-refractivity contribution in [3.63, 3.8) is 0 Å². The van der Waals surface area contributed by atoms with Crippen molar-refractivity contribution in [2.75, 3.05) is 25.0 Å². The second kappa shape index (κ2) is 8.88. The molecule has 3 rings (SSSR count). The summed E-state index contributed by atoms with van der Waals surface area (Å²) in [6, 6.07) is 9.23. The molecule has 1 aliphatic heterocycles. The van der Waals surface area contributed by atoms with Crippen LogP contribution >= 0.6 is 11.6 Å². The molecule has 150 valence electrons. The number of hydrogen-bond acceptors (Lipinski definition) is 5. The lowest BCUT2D eigenvalue weighted by Gasteiger charge is -2.38. The van der Waals surface area contributed by atoms with E-state index in [-0.39, 0.29) is 5.91 Å². The number of benzene rings is 1. The number of nitrogens with one attached hydrogen (secondary N) is 1. The van der Waals surface area contributed by atoms with Crippen molar-refractivity contribution >= 4 is 23.5 Å². The summed E-state index contributed by atoms with van der Waals surface area (Å²) in [6.07, 6.45) is 2.26. The number of carbonyl (C=O) groups excluding carboxylic acids is 1. The first-order chi connectivity index (χ1) is 13.4. The molecule has 0 aliphatic carbocycles. The monoisotopic (exact) mass is 402 g/mol. The lowest BCUT2D eigenvalue weighted by molar-refractivity contribution is -0.135. The fourth-order valence-electron chi connectivity index (χ4n) is 3.58. The molecule has 1 fully saturated rings. The summed E-state index contributed by atoms with van der Waals surface area (Å²) in [5.41, 5.74) is 1.82. The van der Waals surface area contributed by atoms with E-state index >= 15 is 0 Å². The average Bonchev–Trinajstić information content (AvgIpc) is 2.65. The number of aryl methyl sites for hydroxylation is 2. The highest BCUT2D eigenvalue weighted by Gasteiger charge is 2.35. The Balaban J connectivity index is 1.43. The van der Waals surface area contributed by atoms with Crippen LogP contribution in [0.25, 0.3) is 0 Å². The van der Waals surface area contributed by atoms with Crippen molar-refractivity contribution in [2.45, 2.75) is 45.1 Å². The Morgan fingerprint density at radius 1 is 1.18 bits per heavy atom. The Hall–Kier alpha value is -2.18. The molecule has 6 nitrogen and oxygen atoms in total. The van der Waals surface area contributed by atoms with Crippen LogP contribution in [0.5, 0.6) is 0 Å². The van der Waals surface area contributed by atoms with Gasteiger partial charge in [-0.1, -0.05) is 23.7 Å². The summed E-state index contributed by atoms with van der Waals surface area (Å²) in [5, 5.41) is 14.7. The van der Waals surface area contributed by atoms with Crippen LogP contribution in [0.4, 0.5) is 5.95 Å². The van der Waals surface area contributed by atoms with E-state index in [9.17, 15) is 9.90 Å². The Bertz CT molecular complexity index is 797. The molecule has 1 aromatic carbocycles. The van der Waals surface area contributed by atoms with Crippen LogP contribution in [0.1, 0.15) is 42.6 Å². The molecule has 1 aliphatic rings. The Morgan fingerprint density at radius 2 is 1.79 bits per heavy atom. The molecule has 0 saturated carbocycles. The van der Waals surface area contributed by atoms with E-state index in [1.807, 2.05) is 36.9 Å². The van der Waals surface area contributed by atoms with Crippen LogP contribution < -0.4 is 5.32 Å². The van der Waals surface area contributed by atoms with Crippen LogP contribution in [0, 0.1) is 13.8 Å². The Morgan fingerprint density at radius 3 is 2.39 bits per heavy atom. The van der Waals surface area contributed by atoms with Gasteiger partial charge in [0.2, 0.25) is 11.9 Å². The molecule has 0 spiro atoms. The van der Waals surface area contributed by atoms with Crippen molar-refractivity contribution in [3.05, 3.63) is 52.3 Å². The highest BCUT2D eigenvalue weighted by Crippen LogP contribution is 2.33. The number of anilines is 1. The number of rotatable bonds is 6. The number of aliphatic hydroxyl groups is 1. The molecule has 7 heteroatoms. The number of likely N-dealkylation sites (tertiary alicyclic amines) is 1. The maximum Gasteiger partial charge on any atom is 0.223 e. The smallest absolute Gasteiger partial charge is 0.223 e. The van der Waals surface area contributed by atoms with Crippen molar-refractivity contribution in [2.24, 2.45) is 0 Å². The third kappa shape index (κ3) is 5.20. The number of nitrogens with zero attached hydrogens (tertiary/aromatic N) is 3. The third-order valence-corrected chi connectivity index (χ3v) is 5.41. The lowest BCUT2D eigenvalue weighted by Crippen LogP contribution is -2.45. The van der Waals surface area contributed by atoms with Gasteiger partial charge in [0.05, 0.1) is 5.60 Å². The molecule has 0 bridgehead atoms. The minimum atomic E-state index is -0.886. The number of hydrogen-bond donors (Lipinski definition) is 2. The minimum absolute atomic E-state index is 0.126. The van der Waals surface area contributed by atoms with E-state index in [0.29, 0.717) is 56.3 Å². The van der Waals surface area contributed by atoms with Gasteiger partial charge in [-0.15, -0.1) is 0 Å². The maximum atomic E-state index is 12.5. The quantitative estimate of drug-likeness (QED) is 0.723. The molecule has 0 unspecified atom stereocenters. The van der Waals surface area contributed by atoms with Gasteiger partial charge in [0.15, 0.2) is 0 Å². The summed E-state index contributed by atoms with van der Waals surface area (Å²) in [6.45, 7) is 5.64. The van der Waals surface area contributed by atoms with Gasteiger partial charge < -0.3 is 15.3 Å². The van der Waals surface area contributed by atoms with Crippen molar-refractivity contribution < 1.29 is 9.90 Å². The normalized spacial score (nSPS) is 16.1. The summed E-state index contributed by atoms with van der Waals surface area (Å²) in [5.74, 6) is 0.734. The fraction of sp³-hybridized carbons (Fsp3) is 0.476. The molecule has 28 heavy (non-hydrogen) atoms. The van der Waals surface area contributed by atoms with Gasteiger partial charge in [-0.25, -0.2) is 9.97 Å². The molecular weight excluding hydrogens is 376 g/mol. The third-order valence-electron chi connectivity index (χ3n) is 5.16. The van der Waals surface area contributed by atoms with Gasteiger partial charge in [0.1, 0.15) is 0 Å². The standard InChI is InChI=1S/C21H27ClN4O2/c1-15-14-16(2)25-20(24-15)23-11-3-4-19(27)26-12-9-21(28,10-13-26)17-5-7-18(22)8-6-17/h5-8,14,28H,3-4,9-13H2,1-2H3,(H,23,24,25). The van der Waals surface area contributed by atoms with E-state index in [1.54, 1.807) is 12.1 Å².